The molecule has 0 aliphatic rings. The van der Waals surface area contributed by atoms with E-state index in [-0.39, 0.29) is 98.0 Å². The molecule has 0 heterocycles. The molecule has 6 aromatic rings. The molecule has 0 bridgehead atoms. The van der Waals surface area contributed by atoms with E-state index in [4.69, 9.17) is 0 Å². The Labute approximate surface area is 335 Å². The first kappa shape index (κ1) is 42.0. The van der Waals surface area contributed by atoms with Crippen LogP contribution in [0.1, 0.15) is 32.8 Å². The topological polar surface area (TPSA) is 217 Å². The predicted molar refractivity (Wildman–Crippen MR) is 192 cm³/mol. The van der Waals surface area contributed by atoms with Gasteiger partial charge in [0.25, 0.3) is 5.69 Å². The van der Waals surface area contributed by atoms with Crippen molar-refractivity contribution in [3.63, 3.8) is 0 Å². The largest absolute Gasteiger partial charge is 1.00 e. The zero-order valence-electron chi connectivity index (χ0n) is 29.0. The number of nitro benzene ring substituents is 2. The number of non-ortho nitro benzene ring substituents is 1. The van der Waals surface area contributed by atoms with Gasteiger partial charge in [-0.3, -0.25) is 20.2 Å². The summed E-state index contributed by atoms with van der Waals surface area (Å²) >= 11 is 0. The van der Waals surface area contributed by atoms with Gasteiger partial charge in [0.2, 0.25) is 5.75 Å². The summed E-state index contributed by atoms with van der Waals surface area (Å²) in [7, 11) is 0. The summed E-state index contributed by atoms with van der Waals surface area (Å²) in [6.07, 6.45) is 0.746. The summed E-state index contributed by atoms with van der Waals surface area (Å²) < 4.78 is 0. The first-order chi connectivity index (χ1) is 24.3. The van der Waals surface area contributed by atoms with Crippen molar-refractivity contribution >= 4 is 55.7 Å². The van der Waals surface area contributed by atoms with Gasteiger partial charge in [0, 0.05) is 46.3 Å². The van der Waals surface area contributed by atoms with Gasteiger partial charge in [0.1, 0.15) is 40.0 Å². The molecule has 0 aromatic heterocycles. The maximum absolute atomic E-state index is 11.4. The minimum absolute atomic E-state index is 0. The normalized spacial score (nSPS) is 11.2. The first-order valence-electron chi connectivity index (χ1n) is 15.5. The molecule has 53 heavy (non-hydrogen) atoms. The number of phenolic OH excluding ortho intramolecular Hbond substituents is 4. The van der Waals surface area contributed by atoms with E-state index in [1.807, 2.05) is 51.1 Å². The van der Waals surface area contributed by atoms with E-state index in [0.29, 0.717) is 16.3 Å². The smallest absolute Gasteiger partial charge is 0.506 e. The molecule has 0 unspecified atom stereocenters. The molecule has 6 rings (SSSR count). The van der Waals surface area contributed by atoms with Crippen molar-refractivity contribution < 1.29 is 77.2 Å². The van der Waals surface area contributed by atoms with Crippen molar-refractivity contribution in [2.45, 2.75) is 32.6 Å². The van der Waals surface area contributed by atoms with E-state index in [9.17, 15) is 40.7 Å². The van der Waals surface area contributed by atoms with E-state index in [1.165, 1.54) is 30.3 Å². The van der Waals surface area contributed by atoms with E-state index in [1.54, 1.807) is 36.4 Å². The number of phenols is 4. The molecule has 16 heteroatoms. The number of fused-ring (bicyclic) bond motifs is 2. The summed E-state index contributed by atoms with van der Waals surface area (Å²) in [5, 5.41) is 81.4. The zero-order valence-corrected chi connectivity index (χ0v) is 32.3. The second kappa shape index (κ2) is 17.9. The number of nitrogens with zero attached hydrogens (tertiary/aromatic N) is 6. The Bertz CT molecular complexity index is 2370. The zero-order chi connectivity index (χ0) is 36.9. The van der Waals surface area contributed by atoms with Crippen LogP contribution in [0.2, 0.25) is 0 Å². The minimum Gasteiger partial charge on any atom is -0.506 e. The van der Waals surface area contributed by atoms with Gasteiger partial charge in [-0.15, -0.1) is 20.5 Å². The molecular formula is C37H32CrN6NaO8+. The Kier molecular flexibility index (Phi) is 14.2. The van der Waals surface area contributed by atoms with Gasteiger partial charge >= 0.3 is 35.2 Å². The third-order valence-electron chi connectivity index (χ3n) is 8.38. The predicted octanol–water partition coefficient (Wildman–Crippen LogP) is 7.84. The fourth-order valence-electron chi connectivity index (χ4n) is 5.03. The Morgan fingerprint density at radius 1 is 0.623 bits per heavy atom. The molecule has 0 atom stereocenters. The average molecular weight is 764 g/mol. The van der Waals surface area contributed by atoms with Crippen LogP contribution in [0.5, 0.6) is 23.0 Å². The monoisotopic (exact) mass is 763 g/mol. The number of hydrogen-bond donors (Lipinski definition) is 4. The third-order valence-corrected chi connectivity index (χ3v) is 8.38. The van der Waals surface area contributed by atoms with Crippen LogP contribution < -0.4 is 29.6 Å². The Morgan fingerprint density at radius 2 is 1.11 bits per heavy atom. The number of azo groups is 2. The first-order valence-corrected chi connectivity index (χ1v) is 15.5. The van der Waals surface area contributed by atoms with Gasteiger partial charge in [0.15, 0.2) is 0 Å². The van der Waals surface area contributed by atoms with Crippen molar-refractivity contribution in [1.29, 1.82) is 0 Å². The minimum atomic E-state index is -0.640. The van der Waals surface area contributed by atoms with Crippen LogP contribution in [0, 0.1) is 20.2 Å². The van der Waals surface area contributed by atoms with Crippen molar-refractivity contribution in [2.24, 2.45) is 20.5 Å². The molecule has 264 valence electrons. The molecule has 0 saturated carbocycles. The maximum atomic E-state index is 11.4. The van der Waals surface area contributed by atoms with E-state index in [0.717, 1.165) is 23.3 Å². The van der Waals surface area contributed by atoms with Crippen molar-refractivity contribution in [3.8, 4) is 23.0 Å². The van der Waals surface area contributed by atoms with Crippen LogP contribution in [0.25, 0.3) is 21.5 Å². The fourth-order valence-corrected chi connectivity index (χ4v) is 5.03. The molecule has 0 radical (unpaired) electrons. The molecule has 0 spiro atoms. The van der Waals surface area contributed by atoms with Crippen LogP contribution in [-0.4, -0.2) is 30.3 Å². The van der Waals surface area contributed by atoms with E-state index in [2.05, 4.69) is 20.5 Å². The summed E-state index contributed by atoms with van der Waals surface area (Å²) in [5.74, 6) is -0.929. The summed E-state index contributed by atoms with van der Waals surface area (Å²) in [6.45, 7) is 5.90. The fraction of sp³-hybridized carbons (Fsp3) is 0.135. The van der Waals surface area contributed by atoms with Gasteiger partial charge in [0.05, 0.1) is 9.85 Å². The Balaban J connectivity index is 0.000000280. The summed E-state index contributed by atoms with van der Waals surface area (Å²) in [4.78, 5) is 20.9. The Morgan fingerprint density at radius 3 is 1.60 bits per heavy atom. The standard InChI is InChI=1S/C21H21N3O4.C16H11N3O4.Cr.Na/c1-4-21(2,3)14-11-16(20(26)17(12-14)24(27)28)22-23-19-15-8-6-5-7-13(15)9-10-18(19)25;20-14-8-6-11(19(22)23)9-13(14)17-18-16-12-4-2-1-3-10(12)5-7-15(16)21;;/h5-12,25-26H,4H2,1-3H3;1-9,20-21H;;/q;;;+1. The van der Waals surface area contributed by atoms with Crippen LogP contribution in [0.15, 0.2) is 124 Å². The van der Waals surface area contributed by atoms with Crippen LogP contribution in [0.4, 0.5) is 34.1 Å². The third kappa shape index (κ3) is 9.52. The molecule has 0 fully saturated rings. The van der Waals surface area contributed by atoms with Crippen LogP contribution in [0.3, 0.4) is 0 Å². The summed E-state index contributed by atoms with van der Waals surface area (Å²) in [5.41, 5.74) is 0.105. The maximum Gasteiger partial charge on any atom is 1.00 e. The molecular weight excluding hydrogens is 731 g/mol. The quantitative estimate of drug-likeness (QED) is 0.0517. The second-order valence-corrected chi connectivity index (χ2v) is 12.0. The molecule has 14 nitrogen and oxygen atoms in total. The van der Waals surface area contributed by atoms with E-state index >= 15 is 0 Å². The van der Waals surface area contributed by atoms with Crippen molar-refractivity contribution in [2.75, 3.05) is 0 Å². The molecule has 4 N–H and O–H groups in total. The van der Waals surface area contributed by atoms with Gasteiger partial charge in [-0.25, -0.2) is 0 Å². The number of rotatable bonds is 8. The van der Waals surface area contributed by atoms with E-state index < -0.39 is 21.3 Å². The number of hydrogen-bond acceptors (Lipinski definition) is 12. The summed E-state index contributed by atoms with van der Waals surface area (Å²) in [6, 6.07) is 27.6. The van der Waals surface area contributed by atoms with Gasteiger partial charge in [-0.2, -0.15) is 0 Å². The number of nitro groups is 2. The van der Waals surface area contributed by atoms with Gasteiger partial charge in [-0.05, 0) is 52.4 Å². The van der Waals surface area contributed by atoms with Crippen molar-refractivity contribution in [1.82, 2.24) is 0 Å². The van der Waals surface area contributed by atoms with Crippen LogP contribution in [-0.2, 0) is 22.8 Å². The van der Waals surface area contributed by atoms with Crippen molar-refractivity contribution in [3.05, 3.63) is 129 Å². The number of aromatic hydroxyl groups is 4. The second-order valence-electron chi connectivity index (χ2n) is 12.0. The number of benzene rings is 6. The molecule has 0 aliphatic heterocycles. The molecule has 0 saturated heterocycles. The molecule has 6 aromatic carbocycles. The Hall–Kier alpha value is -5.43. The average Bonchev–Trinajstić information content (AvgIpc) is 3.12. The SMILES string of the molecule is CCC(C)(C)c1cc(N=Nc2c(O)ccc3ccccc23)c(O)c([N+](=O)[O-])c1.O=[N+]([O-])c1ccc(O)c(N=Nc2c(O)ccc3ccccc23)c1.[Cr].[Na+]. The van der Waals surface area contributed by atoms with Gasteiger partial charge < -0.3 is 20.4 Å². The molecule has 0 amide bonds. The van der Waals surface area contributed by atoms with Gasteiger partial charge in [-0.1, -0.05) is 81.4 Å². The molecule has 0 aliphatic carbocycles. The van der Waals surface area contributed by atoms with Crippen LogP contribution >= 0.6 is 0 Å².